The topological polar surface area (TPSA) is 41.0 Å². The zero-order valence-electron chi connectivity index (χ0n) is 11.8. The van der Waals surface area contributed by atoms with Gasteiger partial charge in [-0.3, -0.25) is 0 Å². The predicted molar refractivity (Wildman–Crippen MR) is 81.2 cm³/mol. The van der Waals surface area contributed by atoms with Gasteiger partial charge in [0.15, 0.2) is 5.82 Å². The Morgan fingerprint density at radius 1 is 1.15 bits per heavy atom. The maximum Gasteiger partial charge on any atom is 0.155 e. The molecule has 1 aromatic carbocycles. The lowest BCUT2D eigenvalue weighted by Crippen LogP contribution is -2.18. The summed E-state index contributed by atoms with van der Waals surface area (Å²) in [6.45, 7) is 4.95. The third-order valence-corrected chi connectivity index (χ3v) is 3.60. The van der Waals surface area contributed by atoms with E-state index >= 15 is 0 Å². The average Bonchev–Trinajstić information content (AvgIpc) is 2.92. The van der Waals surface area contributed by atoms with Gasteiger partial charge in [0.25, 0.3) is 0 Å². The molecule has 3 rings (SSSR count). The summed E-state index contributed by atoms with van der Waals surface area (Å²) >= 11 is 0. The number of hydrogen-bond donors (Lipinski definition) is 1. The molecule has 0 unspecified atom stereocenters. The van der Waals surface area contributed by atoms with E-state index in [0.29, 0.717) is 0 Å². The van der Waals surface area contributed by atoms with Gasteiger partial charge in [-0.15, -0.1) is 5.10 Å². The quantitative estimate of drug-likeness (QED) is 0.846. The van der Waals surface area contributed by atoms with Gasteiger partial charge in [0, 0.05) is 18.8 Å². The highest BCUT2D eigenvalue weighted by atomic mass is 15.3. The first-order chi connectivity index (χ1) is 9.88. The molecule has 1 aliphatic heterocycles. The summed E-state index contributed by atoms with van der Waals surface area (Å²) in [5.41, 5.74) is 3.65. The molecule has 1 N–H and O–H groups in total. The largest absolute Gasteiger partial charge is 0.324 e. The molecule has 20 heavy (non-hydrogen) atoms. The Hall–Kier alpha value is -1.94. The van der Waals surface area contributed by atoms with Crippen molar-refractivity contribution in [2.24, 2.45) is 0 Å². The highest BCUT2D eigenvalue weighted by Crippen LogP contribution is 2.32. The van der Waals surface area contributed by atoms with Gasteiger partial charge in [-0.2, -0.15) is 5.10 Å². The molecule has 0 radical (unpaired) electrons. The van der Waals surface area contributed by atoms with Crippen molar-refractivity contribution in [3.05, 3.63) is 47.7 Å². The van der Waals surface area contributed by atoms with Crippen LogP contribution in [0.15, 0.2) is 36.4 Å². The van der Waals surface area contributed by atoms with Crippen molar-refractivity contribution >= 4 is 11.5 Å². The second-order valence-electron chi connectivity index (χ2n) is 5.09. The van der Waals surface area contributed by atoms with E-state index in [9.17, 15) is 0 Å². The standard InChI is InChI=1S/C16H20N4/c1-2-10-17-12-14-7-8-16(19-18-14)20-11-9-13-5-3-4-6-15(13)20/h3-8,17H,2,9-12H2,1H3. The minimum atomic E-state index is 0.789. The highest BCUT2D eigenvalue weighted by Gasteiger charge is 2.20. The molecule has 104 valence electrons. The maximum atomic E-state index is 4.37. The third-order valence-electron chi connectivity index (χ3n) is 3.60. The summed E-state index contributed by atoms with van der Waals surface area (Å²) in [7, 11) is 0. The van der Waals surface area contributed by atoms with Crippen molar-refractivity contribution in [2.75, 3.05) is 18.0 Å². The number of benzene rings is 1. The van der Waals surface area contributed by atoms with E-state index < -0.39 is 0 Å². The van der Waals surface area contributed by atoms with Crippen molar-refractivity contribution in [1.82, 2.24) is 15.5 Å². The van der Waals surface area contributed by atoms with E-state index in [-0.39, 0.29) is 0 Å². The van der Waals surface area contributed by atoms with E-state index in [2.05, 4.69) is 63.7 Å². The highest BCUT2D eigenvalue weighted by molar-refractivity contribution is 5.67. The van der Waals surface area contributed by atoms with Crippen LogP contribution in [-0.4, -0.2) is 23.3 Å². The average molecular weight is 268 g/mol. The minimum absolute atomic E-state index is 0.789. The molecular formula is C16H20N4. The molecule has 0 saturated heterocycles. The summed E-state index contributed by atoms with van der Waals surface area (Å²) in [5.74, 6) is 0.939. The smallest absolute Gasteiger partial charge is 0.155 e. The Morgan fingerprint density at radius 2 is 2.05 bits per heavy atom. The number of anilines is 2. The van der Waals surface area contributed by atoms with Crippen LogP contribution in [-0.2, 0) is 13.0 Å². The second-order valence-corrected chi connectivity index (χ2v) is 5.09. The van der Waals surface area contributed by atoms with E-state index in [0.717, 1.165) is 44.0 Å². The van der Waals surface area contributed by atoms with Gasteiger partial charge in [0.2, 0.25) is 0 Å². The number of nitrogens with zero attached hydrogens (tertiary/aromatic N) is 3. The van der Waals surface area contributed by atoms with E-state index in [1.807, 2.05) is 0 Å². The Labute approximate surface area is 119 Å². The van der Waals surface area contributed by atoms with Gasteiger partial charge >= 0.3 is 0 Å². The first-order valence-electron chi connectivity index (χ1n) is 7.27. The van der Waals surface area contributed by atoms with Gasteiger partial charge in [-0.25, -0.2) is 0 Å². The van der Waals surface area contributed by atoms with E-state index in [1.165, 1.54) is 11.3 Å². The normalized spacial score (nSPS) is 13.6. The minimum Gasteiger partial charge on any atom is -0.324 e. The van der Waals surface area contributed by atoms with Crippen molar-refractivity contribution < 1.29 is 0 Å². The molecule has 0 spiro atoms. The van der Waals surface area contributed by atoms with Crippen molar-refractivity contribution in [3.8, 4) is 0 Å². The Morgan fingerprint density at radius 3 is 2.85 bits per heavy atom. The van der Waals surface area contributed by atoms with Gasteiger partial charge in [-0.1, -0.05) is 25.1 Å². The van der Waals surface area contributed by atoms with Gasteiger partial charge in [-0.05, 0) is 43.1 Å². The monoisotopic (exact) mass is 268 g/mol. The summed E-state index contributed by atoms with van der Waals surface area (Å²) in [6, 6.07) is 12.6. The van der Waals surface area contributed by atoms with Crippen LogP contribution in [0.3, 0.4) is 0 Å². The first kappa shape index (κ1) is 13.1. The Balaban J connectivity index is 1.73. The van der Waals surface area contributed by atoms with Crippen LogP contribution in [0.5, 0.6) is 0 Å². The number of aromatic nitrogens is 2. The van der Waals surface area contributed by atoms with Crippen molar-refractivity contribution in [2.45, 2.75) is 26.3 Å². The van der Waals surface area contributed by atoms with Crippen molar-refractivity contribution in [3.63, 3.8) is 0 Å². The molecule has 0 bridgehead atoms. The molecule has 4 nitrogen and oxygen atoms in total. The molecule has 0 amide bonds. The molecule has 2 heterocycles. The zero-order valence-corrected chi connectivity index (χ0v) is 11.8. The van der Waals surface area contributed by atoms with Crippen molar-refractivity contribution in [1.29, 1.82) is 0 Å². The Kier molecular flexibility index (Phi) is 3.92. The van der Waals surface area contributed by atoms with E-state index in [1.54, 1.807) is 0 Å². The maximum absolute atomic E-state index is 4.37. The molecule has 0 aliphatic carbocycles. The predicted octanol–water partition coefficient (Wildman–Crippen LogP) is 2.67. The van der Waals surface area contributed by atoms with Gasteiger partial charge in [0.05, 0.1) is 5.69 Å². The second kappa shape index (κ2) is 6.01. The molecule has 0 saturated carbocycles. The molecule has 4 heteroatoms. The number of fused-ring (bicyclic) bond motifs is 1. The van der Waals surface area contributed by atoms with Crippen LogP contribution in [0.25, 0.3) is 0 Å². The molecule has 2 aromatic rings. The lowest BCUT2D eigenvalue weighted by atomic mass is 10.2. The number of hydrogen-bond acceptors (Lipinski definition) is 4. The van der Waals surface area contributed by atoms with Crippen LogP contribution in [0, 0.1) is 0 Å². The Bertz CT molecular complexity index is 565. The van der Waals surface area contributed by atoms with Crippen LogP contribution in [0.4, 0.5) is 11.5 Å². The van der Waals surface area contributed by atoms with Crippen LogP contribution >= 0.6 is 0 Å². The fourth-order valence-corrected chi connectivity index (χ4v) is 2.56. The van der Waals surface area contributed by atoms with Crippen LogP contribution in [0.1, 0.15) is 24.6 Å². The molecule has 0 fully saturated rings. The summed E-state index contributed by atoms with van der Waals surface area (Å²) in [4.78, 5) is 2.24. The van der Waals surface area contributed by atoms with Crippen LogP contribution < -0.4 is 10.2 Å². The summed E-state index contributed by atoms with van der Waals surface area (Å²) in [5, 5.41) is 12.0. The molecular weight excluding hydrogens is 248 g/mol. The lowest BCUT2D eigenvalue weighted by Gasteiger charge is -2.17. The number of nitrogens with one attached hydrogen (secondary N) is 1. The number of rotatable bonds is 5. The van der Waals surface area contributed by atoms with Crippen LogP contribution in [0.2, 0.25) is 0 Å². The summed E-state index contributed by atoms with van der Waals surface area (Å²) < 4.78 is 0. The third kappa shape index (κ3) is 2.65. The zero-order chi connectivity index (χ0) is 13.8. The van der Waals surface area contributed by atoms with Gasteiger partial charge in [0.1, 0.15) is 0 Å². The first-order valence-corrected chi connectivity index (χ1v) is 7.27. The van der Waals surface area contributed by atoms with E-state index in [4.69, 9.17) is 0 Å². The fourth-order valence-electron chi connectivity index (χ4n) is 2.56. The fraction of sp³-hybridized carbons (Fsp3) is 0.375. The molecule has 1 aromatic heterocycles. The summed E-state index contributed by atoms with van der Waals surface area (Å²) in [6.07, 6.45) is 2.22. The lowest BCUT2D eigenvalue weighted by molar-refractivity contribution is 0.656. The number of para-hydroxylation sites is 1. The SMILES string of the molecule is CCCNCc1ccc(N2CCc3ccccc32)nn1. The molecule has 0 atom stereocenters. The van der Waals surface area contributed by atoms with Gasteiger partial charge < -0.3 is 10.2 Å². The molecule has 1 aliphatic rings.